The van der Waals surface area contributed by atoms with Crippen LogP contribution in [0.2, 0.25) is 0 Å². The van der Waals surface area contributed by atoms with Gasteiger partial charge in [0.05, 0.1) is 6.42 Å². The van der Waals surface area contributed by atoms with E-state index in [0.29, 0.717) is 17.9 Å². The van der Waals surface area contributed by atoms with Crippen LogP contribution in [0.5, 0.6) is 0 Å². The first kappa shape index (κ1) is 12.9. The van der Waals surface area contributed by atoms with Gasteiger partial charge >= 0.3 is 5.97 Å². The Morgan fingerprint density at radius 2 is 2.21 bits per heavy atom. The van der Waals surface area contributed by atoms with E-state index in [0.717, 1.165) is 5.69 Å². The second kappa shape index (κ2) is 5.43. The molecule has 0 atom stereocenters. The molecule has 0 aliphatic rings. The predicted molar refractivity (Wildman–Crippen MR) is 68.0 cm³/mol. The molecular weight excluding hydrogens is 246 g/mol. The number of carbonyl (C=O) groups is 1. The molecule has 0 unspecified atom stereocenters. The summed E-state index contributed by atoms with van der Waals surface area (Å²) >= 11 is 0. The van der Waals surface area contributed by atoms with E-state index in [4.69, 9.17) is 5.11 Å². The van der Waals surface area contributed by atoms with Crippen molar-refractivity contribution in [1.29, 1.82) is 0 Å². The number of carboxylic acid groups (broad SMARTS) is 1. The Balaban J connectivity index is 2.30. The fourth-order valence-corrected chi connectivity index (χ4v) is 1.79. The van der Waals surface area contributed by atoms with Crippen molar-refractivity contribution in [3.8, 4) is 0 Å². The summed E-state index contributed by atoms with van der Waals surface area (Å²) in [5, 5.41) is 8.73. The summed E-state index contributed by atoms with van der Waals surface area (Å²) in [5.74, 6) is -0.566. The summed E-state index contributed by atoms with van der Waals surface area (Å²) in [4.78, 5) is 33.4. The first-order valence-corrected chi connectivity index (χ1v) is 5.76. The first-order valence-electron chi connectivity index (χ1n) is 5.76. The Kier molecular flexibility index (Phi) is 3.70. The average Bonchev–Trinajstić information content (AvgIpc) is 2.35. The number of aryl methyl sites for hydroxylation is 1. The quantitative estimate of drug-likeness (QED) is 0.842. The molecule has 0 amide bonds. The van der Waals surface area contributed by atoms with Crippen LogP contribution in [-0.4, -0.2) is 26.0 Å². The maximum absolute atomic E-state index is 11.8. The molecule has 2 heterocycles. The Bertz CT molecular complexity index is 650. The molecule has 6 heteroatoms. The molecule has 2 aromatic heterocycles. The van der Waals surface area contributed by atoms with Crippen LogP contribution in [0.25, 0.3) is 0 Å². The zero-order valence-corrected chi connectivity index (χ0v) is 10.4. The van der Waals surface area contributed by atoms with E-state index in [2.05, 4.69) is 15.0 Å². The summed E-state index contributed by atoms with van der Waals surface area (Å²) in [6, 6.07) is 5.49. The molecule has 2 N–H and O–H groups in total. The minimum Gasteiger partial charge on any atom is -0.481 e. The Labute approximate surface area is 109 Å². The fourth-order valence-electron chi connectivity index (χ4n) is 1.79. The molecule has 0 bridgehead atoms. The summed E-state index contributed by atoms with van der Waals surface area (Å²) in [6.07, 6.45) is 1.75. The smallest absolute Gasteiger partial charge is 0.308 e. The van der Waals surface area contributed by atoms with Crippen LogP contribution in [0, 0.1) is 6.92 Å². The SMILES string of the molecule is Cc1nc(Cc2ccccn2)[nH]c(=O)c1CC(=O)O. The van der Waals surface area contributed by atoms with Crippen LogP contribution in [-0.2, 0) is 17.6 Å². The number of H-pyrrole nitrogens is 1. The van der Waals surface area contributed by atoms with Gasteiger partial charge in [-0.25, -0.2) is 4.98 Å². The Morgan fingerprint density at radius 1 is 1.42 bits per heavy atom. The number of nitrogens with zero attached hydrogens (tertiary/aromatic N) is 2. The number of rotatable bonds is 4. The largest absolute Gasteiger partial charge is 0.481 e. The van der Waals surface area contributed by atoms with E-state index in [1.807, 2.05) is 12.1 Å². The van der Waals surface area contributed by atoms with Gasteiger partial charge in [-0.2, -0.15) is 0 Å². The minimum atomic E-state index is -1.05. The number of aromatic amines is 1. The van der Waals surface area contributed by atoms with Gasteiger partial charge < -0.3 is 10.1 Å². The summed E-state index contributed by atoms with van der Waals surface area (Å²) in [5.41, 5.74) is 1.02. The molecule has 0 saturated heterocycles. The number of carboxylic acids is 1. The second-order valence-electron chi connectivity index (χ2n) is 4.14. The van der Waals surface area contributed by atoms with E-state index in [1.54, 1.807) is 19.2 Å². The number of hydrogen-bond acceptors (Lipinski definition) is 4. The van der Waals surface area contributed by atoms with Gasteiger partial charge in [0.15, 0.2) is 0 Å². The highest BCUT2D eigenvalue weighted by Gasteiger charge is 2.12. The molecule has 0 aliphatic carbocycles. The molecule has 0 aromatic carbocycles. The highest BCUT2D eigenvalue weighted by molar-refractivity contribution is 5.70. The number of pyridine rings is 1. The molecule has 2 aromatic rings. The van der Waals surface area contributed by atoms with Crippen molar-refractivity contribution < 1.29 is 9.90 Å². The molecule has 0 saturated carbocycles. The van der Waals surface area contributed by atoms with E-state index in [-0.39, 0.29) is 12.0 Å². The lowest BCUT2D eigenvalue weighted by Gasteiger charge is -2.05. The number of aromatic nitrogens is 3. The van der Waals surface area contributed by atoms with Crippen LogP contribution in [0.4, 0.5) is 0 Å². The van der Waals surface area contributed by atoms with Crippen LogP contribution < -0.4 is 5.56 Å². The lowest BCUT2D eigenvalue weighted by atomic mass is 10.1. The second-order valence-corrected chi connectivity index (χ2v) is 4.14. The molecule has 2 rings (SSSR count). The zero-order valence-electron chi connectivity index (χ0n) is 10.4. The molecule has 0 fully saturated rings. The third kappa shape index (κ3) is 3.25. The number of aliphatic carboxylic acids is 1. The predicted octanol–water partition coefficient (Wildman–Crippen LogP) is 0.691. The molecule has 0 spiro atoms. The maximum Gasteiger partial charge on any atom is 0.308 e. The van der Waals surface area contributed by atoms with Crippen LogP contribution in [0.15, 0.2) is 29.2 Å². The highest BCUT2D eigenvalue weighted by atomic mass is 16.4. The van der Waals surface area contributed by atoms with Gasteiger partial charge in [-0.1, -0.05) is 6.07 Å². The molecule has 6 nitrogen and oxygen atoms in total. The summed E-state index contributed by atoms with van der Waals surface area (Å²) < 4.78 is 0. The zero-order chi connectivity index (χ0) is 13.8. The van der Waals surface area contributed by atoms with Crippen LogP contribution >= 0.6 is 0 Å². The molecular formula is C13H13N3O3. The molecule has 98 valence electrons. The van der Waals surface area contributed by atoms with Gasteiger partial charge in [0.2, 0.25) is 0 Å². The topological polar surface area (TPSA) is 95.9 Å². The third-order valence-electron chi connectivity index (χ3n) is 2.67. The van der Waals surface area contributed by atoms with Gasteiger partial charge in [-0.05, 0) is 19.1 Å². The first-order chi connectivity index (χ1) is 9.06. The Morgan fingerprint density at radius 3 is 2.79 bits per heavy atom. The number of nitrogens with one attached hydrogen (secondary N) is 1. The normalized spacial score (nSPS) is 10.4. The van der Waals surface area contributed by atoms with E-state index >= 15 is 0 Å². The molecule has 0 radical (unpaired) electrons. The standard InChI is InChI=1S/C13H13N3O3/c1-8-10(7-12(17)18)13(19)16-11(15-8)6-9-4-2-3-5-14-9/h2-5H,6-7H2,1H3,(H,17,18)(H,15,16,19). The van der Waals surface area contributed by atoms with Gasteiger partial charge in [-0.15, -0.1) is 0 Å². The minimum absolute atomic E-state index is 0.192. The van der Waals surface area contributed by atoms with E-state index in [1.165, 1.54) is 0 Å². The van der Waals surface area contributed by atoms with Crippen molar-refractivity contribution in [1.82, 2.24) is 15.0 Å². The van der Waals surface area contributed by atoms with Crippen molar-refractivity contribution in [3.63, 3.8) is 0 Å². The van der Waals surface area contributed by atoms with Gasteiger partial charge in [-0.3, -0.25) is 14.6 Å². The van der Waals surface area contributed by atoms with Crippen molar-refractivity contribution in [2.45, 2.75) is 19.8 Å². The summed E-state index contributed by atoms with van der Waals surface area (Å²) in [7, 11) is 0. The average molecular weight is 259 g/mol. The maximum atomic E-state index is 11.8. The van der Waals surface area contributed by atoms with Crippen molar-refractivity contribution in [3.05, 3.63) is 57.5 Å². The third-order valence-corrected chi connectivity index (χ3v) is 2.67. The Hall–Kier alpha value is -2.50. The monoisotopic (exact) mass is 259 g/mol. The fraction of sp³-hybridized carbons (Fsp3) is 0.231. The van der Waals surface area contributed by atoms with Gasteiger partial charge in [0.1, 0.15) is 5.82 Å². The van der Waals surface area contributed by atoms with Gasteiger partial charge in [0.25, 0.3) is 5.56 Å². The van der Waals surface area contributed by atoms with Crippen LogP contribution in [0.1, 0.15) is 22.8 Å². The summed E-state index contributed by atoms with van der Waals surface area (Å²) in [6.45, 7) is 1.63. The lowest BCUT2D eigenvalue weighted by molar-refractivity contribution is -0.136. The molecule has 19 heavy (non-hydrogen) atoms. The van der Waals surface area contributed by atoms with Crippen molar-refractivity contribution >= 4 is 5.97 Å². The van der Waals surface area contributed by atoms with Crippen molar-refractivity contribution in [2.24, 2.45) is 0 Å². The number of hydrogen-bond donors (Lipinski definition) is 2. The van der Waals surface area contributed by atoms with E-state index < -0.39 is 11.5 Å². The lowest BCUT2D eigenvalue weighted by Crippen LogP contribution is -2.21. The van der Waals surface area contributed by atoms with Crippen LogP contribution in [0.3, 0.4) is 0 Å². The highest BCUT2D eigenvalue weighted by Crippen LogP contribution is 2.04. The molecule has 0 aliphatic heterocycles. The van der Waals surface area contributed by atoms with Crippen molar-refractivity contribution in [2.75, 3.05) is 0 Å². The van der Waals surface area contributed by atoms with E-state index in [9.17, 15) is 9.59 Å². The van der Waals surface area contributed by atoms with Gasteiger partial charge in [0, 0.05) is 29.6 Å².